The van der Waals surface area contributed by atoms with Crippen molar-refractivity contribution in [2.24, 2.45) is 11.7 Å². The Morgan fingerprint density at radius 1 is 1.64 bits per heavy atom. The standard InChI is InChI=1S/C8H16FNS/c1-6(10)8(9)7-3-2-4-11-5-7/h6-8H,2-5,10H2,1H3. The van der Waals surface area contributed by atoms with Gasteiger partial charge in [-0.05, 0) is 31.3 Å². The van der Waals surface area contributed by atoms with Crippen LogP contribution >= 0.6 is 11.8 Å². The SMILES string of the molecule is CC(N)C(F)C1CCCSC1. The first-order valence-electron chi connectivity index (χ1n) is 4.19. The maximum atomic E-state index is 13.3. The van der Waals surface area contributed by atoms with Crippen molar-refractivity contribution in [3.8, 4) is 0 Å². The Kier molecular flexibility index (Phi) is 3.66. The van der Waals surface area contributed by atoms with E-state index in [2.05, 4.69) is 0 Å². The number of hydrogen-bond acceptors (Lipinski definition) is 2. The lowest BCUT2D eigenvalue weighted by molar-refractivity contribution is 0.202. The summed E-state index contributed by atoms with van der Waals surface area (Å²) in [6, 6.07) is -0.293. The van der Waals surface area contributed by atoms with Crippen LogP contribution in [0.25, 0.3) is 0 Å². The molecule has 0 bridgehead atoms. The molecule has 0 spiro atoms. The lowest BCUT2D eigenvalue weighted by Crippen LogP contribution is -2.36. The van der Waals surface area contributed by atoms with Crippen LogP contribution in [0.5, 0.6) is 0 Å². The zero-order valence-corrected chi connectivity index (χ0v) is 7.74. The third-order valence-corrected chi connectivity index (χ3v) is 3.39. The Hall–Kier alpha value is 0.240. The number of halogens is 1. The fourth-order valence-electron chi connectivity index (χ4n) is 1.45. The van der Waals surface area contributed by atoms with Gasteiger partial charge >= 0.3 is 0 Å². The molecule has 11 heavy (non-hydrogen) atoms. The van der Waals surface area contributed by atoms with Crippen LogP contribution in [0.2, 0.25) is 0 Å². The Balaban J connectivity index is 2.32. The van der Waals surface area contributed by atoms with Crippen molar-refractivity contribution in [2.75, 3.05) is 11.5 Å². The quantitative estimate of drug-likeness (QED) is 0.696. The molecule has 2 N–H and O–H groups in total. The second-order valence-corrected chi connectivity index (χ2v) is 4.43. The molecule has 0 aromatic heterocycles. The summed E-state index contributed by atoms with van der Waals surface area (Å²) < 4.78 is 13.3. The summed E-state index contributed by atoms with van der Waals surface area (Å²) in [5, 5.41) is 0. The highest BCUT2D eigenvalue weighted by Gasteiger charge is 2.25. The van der Waals surface area contributed by atoms with E-state index in [0.29, 0.717) is 0 Å². The molecule has 1 rings (SSSR count). The van der Waals surface area contributed by atoms with E-state index < -0.39 is 6.17 Å². The molecule has 66 valence electrons. The Morgan fingerprint density at radius 2 is 2.36 bits per heavy atom. The predicted octanol–water partition coefficient (Wildman–Crippen LogP) is 1.81. The zero-order valence-electron chi connectivity index (χ0n) is 6.92. The molecule has 1 nitrogen and oxygen atoms in total. The van der Waals surface area contributed by atoms with Gasteiger partial charge in [0.2, 0.25) is 0 Å². The molecular formula is C8H16FNS. The van der Waals surface area contributed by atoms with Crippen molar-refractivity contribution < 1.29 is 4.39 Å². The van der Waals surface area contributed by atoms with Crippen molar-refractivity contribution in [3.05, 3.63) is 0 Å². The summed E-state index contributed by atoms with van der Waals surface area (Å²) in [5.41, 5.74) is 5.48. The first-order chi connectivity index (χ1) is 5.22. The van der Waals surface area contributed by atoms with E-state index in [1.165, 1.54) is 5.75 Å². The van der Waals surface area contributed by atoms with Crippen molar-refractivity contribution in [2.45, 2.75) is 32.0 Å². The van der Waals surface area contributed by atoms with Gasteiger partial charge in [0.25, 0.3) is 0 Å². The summed E-state index contributed by atoms with van der Waals surface area (Å²) in [6.45, 7) is 1.75. The van der Waals surface area contributed by atoms with Crippen LogP contribution in [0.15, 0.2) is 0 Å². The average molecular weight is 177 g/mol. The number of alkyl halides is 1. The normalized spacial score (nSPS) is 31.4. The lowest BCUT2D eigenvalue weighted by atomic mass is 9.96. The molecule has 0 aromatic carbocycles. The van der Waals surface area contributed by atoms with Crippen LogP contribution in [0.4, 0.5) is 4.39 Å². The smallest absolute Gasteiger partial charge is 0.118 e. The van der Waals surface area contributed by atoms with Gasteiger partial charge in [-0.1, -0.05) is 0 Å². The molecule has 3 unspecified atom stereocenters. The molecular weight excluding hydrogens is 161 g/mol. The first-order valence-corrected chi connectivity index (χ1v) is 5.34. The second kappa shape index (κ2) is 4.31. The minimum atomic E-state index is -0.789. The maximum Gasteiger partial charge on any atom is 0.118 e. The molecule has 3 heteroatoms. The molecule has 1 aliphatic rings. The summed E-state index contributed by atoms with van der Waals surface area (Å²) in [4.78, 5) is 0. The topological polar surface area (TPSA) is 26.0 Å². The molecule has 1 saturated heterocycles. The Bertz CT molecular complexity index is 113. The van der Waals surface area contributed by atoms with Crippen LogP contribution in [0.3, 0.4) is 0 Å². The van der Waals surface area contributed by atoms with E-state index in [9.17, 15) is 4.39 Å². The van der Waals surface area contributed by atoms with E-state index >= 15 is 0 Å². The first kappa shape index (κ1) is 9.33. The molecule has 0 saturated carbocycles. The van der Waals surface area contributed by atoms with Crippen molar-refractivity contribution >= 4 is 11.8 Å². The van der Waals surface area contributed by atoms with Crippen molar-refractivity contribution in [1.82, 2.24) is 0 Å². The third kappa shape index (κ3) is 2.64. The summed E-state index contributed by atoms with van der Waals surface area (Å²) >= 11 is 1.85. The predicted molar refractivity (Wildman–Crippen MR) is 48.6 cm³/mol. The van der Waals surface area contributed by atoms with Crippen LogP contribution < -0.4 is 5.73 Å². The van der Waals surface area contributed by atoms with E-state index in [4.69, 9.17) is 5.73 Å². The highest BCUT2D eigenvalue weighted by molar-refractivity contribution is 7.99. The average Bonchev–Trinajstić information content (AvgIpc) is 2.05. The Labute approximate surface area is 71.9 Å². The fourth-order valence-corrected chi connectivity index (χ4v) is 2.64. The van der Waals surface area contributed by atoms with Crippen LogP contribution in [-0.2, 0) is 0 Å². The minimum absolute atomic E-state index is 0.216. The molecule has 0 amide bonds. The fraction of sp³-hybridized carbons (Fsp3) is 1.00. The molecule has 1 fully saturated rings. The lowest BCUT2D eigenvalue weighted by Gasteiger charge is -2.26. The molecule has 0 aliphatic carbocycles. The molecule has 0 aromatic rings. The van der Waals surface area contributed by atoms with Gasteiger partial charge in [-0.25, -0.2) is 4.39 Å². The van der Waals surface area contributed by atoms with Gasteiger partial charge in [0.05, 0.1) is 0 Å². The van der Waals surface area contributed by atoms with Crippen LogP contribution in [-0.4, -0.2) is 23.7 Å². The number of thioether (sulfide) groups is 1. The van der Waals surface area contributed by atoms with Gasteiger partial charge in [-0.3, -0.25) is 0 Å². The van der Waals surface area contributed by atoms with E-state index in [1.54, 1.807) is 6.92 Å². The van der Waals surface area contributed by atoms with Gasteiger partial charge in [-0.2, -0.15) is 11.8 Å². The number of nitrogens with two attached hydrogens (primary N) is 1. The molecule has 3 atom stereocenters. The van der Waals surface area contributed by atoms with Crippen LogP contribution in [0.1, 0.15) is 19.8 Å². The third-order valence-electron chi connectivity index (χ3n) is 2.15. The van der Waals surface area contributed by atoms with Gasteiger partial charge in [0.1, 0.15) is 6.17 Å². The molecule has 1 heterocycles. The van der Waals surface area contributed by atoms with Crippen LogP contribution in [0, 0.1) is 5.92 Å². The highest BCUT2D eigenvalue weighted by Crippen LogP contribution is 2.27. The van der Waals surface area contributed by atoms with Gasteiger partial charge in [0, 0.05) is 12.0 Å². The van der Waals surface area contributed by atoms with E-state index in [0.717, 1.165) is 18.6 Å². The van der Waals surface area contributed by atoms with Gasteiger partial charge in [0.15, 0.2) is 0 Å². The second-order valence-electron chi connectivity index (χ2n) is 3.28. The summed E-state index contributed by atoms with van der Waals surface area (Å²) in [5.74, 6) is 2.37. The number of rotatable bonds is 2. The zero-order chi connectivity index (χ0) is 8.27. The Morgan fingerprint density at radius 3 is 2.82 bits per heavy atom. The maximum absolute atomic E-state index is 13.3. The van der Waals surface area contributed by atoms with Gasteiger partial charge in [-0.15, -0.1) is 0 Å². The van der Waals surface area contributed by atoms with Crippen molar-refractivity contribution in [1.29, 1.82) is 0 Å². The molecule has 0 radical (unpaired) electrons. The largest absolute Gasteiger partial charge is 0.325 e. The highest BCUT2D eigenvalue weighted by atomic mass is 32.2. The molecule has 1 aliphatic heterocycles. The monoisotopic (exact) mass is 177 g/mol. The minimum Gasteiger partial charge on any atom is -0.325 e. The van der Waals surface area contributed by atoms with E-state index in [-0.39, 0.29) is 12.0 Å². The van der Waals surface area contributed by atoms with Gasteiger partial charge < -0.3 is 5.73 Å². The number of hydrogen-bond donors (Lipinski definition) is 1. The summed E-state index contributed by atoms with van der Waals surface area (Å²) in [6.07, 6.45) is 1.39. The van der Waals surface area contributed by atoms with Crippen molar-refractivity contribution in [3.63, 3.8) is 0 Å². The van der Waals surface area contributed by atoms with E-state index in [1.807, 2.05) is 11.8 Å². The summed E-state index contributed by atoms with van der Waals surface area (Å²) in [7, 11) is 0.